The molecule has 1 aromatic carbocycles. The fourth-order valence-electron chi connectivity index (χ4n) is 3.53. The summed E-state index contributed by atoms with van der Waals surface area (Å²) in [7, 11) is 0. The van der Waals surface area contributed by atoms with E-state index in [1.807, 2.05) is 32.1 Å². The Bertz CT molecular complexity index is 902. The van der Waals surface area contributed by atoms with E-state index in [-0.39, 0.29) is 5.92 Å². The van der Waals surface area contributed by atoms with E-state index in [4.69, 9.17) is 21.3 Å². The van der Waals surface area contributed by atoms with Crippen molar-refractivity contribution in [2.45, 2.75) is 39.0 Å². The lowest BCUT2D eigenvalue weighted by molar-refractivity contribution is -0.139. The van der Waals surface area contributed by atoms with Gasteiger partial charge in [0, 0.05) is 11.8 Å². The molecule has 1 aliphatic carbocycles. The van der Waals surface area contributed by atoms with Crippen LogP contribution in [0.4, 0.5) is 0 Å². The van der Waals surface area contributed by atoms with Crippen molar-refractivity contribution in [2.24, 2.45) is 11.8 Å². The summed E-state index contributed by atoms with van der Waals surface area (Å²) >= 11 is 6.70. The minimum absolute atomic E-state index is 0.252. The van der Waals surface area contributed by atoms with Crippen molar-refractivity contribution >= 4 is 23.1 Å². The molecule has 2 aliphatic heterocycles. The number of halogens is 1. The van der Waals surface area contributed by atoms with E-state index in [1.54, 1.807) is 23.5 Å². The van der Waals surface area contributed by atoms with Crippen LogP contribution in [0.1, 0.15) is 50.2 Å². The van der Waals surface area contributed by atoms with E-state index >= 15 is 0 Å². The molecule has 0 radical (unpaired) electrons. The van der Waals surface area contributed by atoms with E-state index in [9.17, 15) is 9.90 Å². The number of allylic oxidation sites excluding steroid dienone is 3. The number of rotatable bonds is 8. The minimum Gasteiger partial charge on any atom is -0.493 e. The molecule has 7 heteroatoms. The third kappa shape index (κ3) is 4.43. The first-order chi connectivity index (χ1) is 13.9. The Morgan fingerprint density at radius 3 is 2.90 bits per heavy atom. The maximum absolute atomic E-state index is 11.9. The van der Waals surface area contributed by atoms with Crippen molar-refractivity contribution in [2.75, 3.05) is 6.61 Å². The second-order valence-electron chi connectivity index (χ2n) is 8.17. The lowest BCUT2D eigenvalue weighted by Gasteiger charge is -2.22. The summed E-state index contributed by atoms with van der Waals surface area (Å²) < 4.78 is 6.15. The van der Waals surface area contributed by atoms with Crippen LogP contribution in [0.15, 0.2) is 42.4 Å². The Morgan fingerprint density at radius 2 is 2.21 bits per heavy atom. The van der Waals surface area contributed by atoms with Crippen molar-refractivity contribution in [3.05, 3.63) is 58.5 Å². The zero-order chi connectivity index (χ0) is 20.5. The van der Waals surface area contributed by atoms with Crippen molar-refractivity contribution in [3.8, 4) is 5.75 Å². The second-order valence-corrected chi connectivity index (χ2v) is 8.58. The highest BCUT2D eigenvalue weighted by atomic mass is 35.5. The van der Waals surface area contributed by atoms with Crippen molar-refractivity contribution in [3.63, 3.8) is 0 Å². The lowest BCUT2D eigenvalue weighted by atomic mass is 9.88. The summed E-state index contributed by atoms with van der Waals surface area (Å²) in [6.45, 7) is 4.65. The number of fused-ring (bicyclic) bond motifs is 1. The van der Waals surface area contributed by atoms with Crippen molar-refractivity contribution < 1.29 is 19.6 Å². The molecule has 154 valence electrons. The van der Waals surface area contributed by atoms with Gasteiger partial charge in [-0.25, -0.2) is 10.5 Å². The average Bonchev–Trinajstić information content (AvgIpc) is 3.38. The Balaban J connectivity index is 1.73. The van der Waals surface area contributed by atoms with E-state index in [0.29, 0.717) is 35.3 Å². The highest BCUT2D eigenvalue weighted by Crippen LogP contribution is 2.41. The molecule has 2 N–H and O–H groups in total. The van der Waals surface area contributed by atoms with Crippen LogP contribution in [-0.4, -0.2) is 22.7 Å². The van der Waals surface area contributed by atoms with Gasteiger partial charge in [0.2, 0.25) is 0 Å². The molecular formula is C22H25ClN2O4. The Morgan fingerprint density at radius 1 is 1.41 bits per heavy atom. The minimum atomic E-state index is -0.845. The number of nitrogens with one attached hydrogen (secondary N) is 1. The van der Waals surface area contributed by atoms with Crippen LogP contribution < -0.4 is 10.2 Å². The molecule has 1 saturated carbocycles. The first-order valence-corrected chi connectivity index (χ1v) is 10.3. The molecule has 1 atom stereocenters. The van der Waals surface area contributed by atoms with Crippen LogP contribution in [0, 0.1) is 11.8 Å². The molecule has 0 bridgehead atoms. The lowest BCUT2D eigenvalue weighted by Crippen LogP contribution is -2.16. The molecule has 1 aromatic rings. The fraction of sp³-hybridized carbons (Fsp3) is 0.409. The van der Waals surface area contributed by atoms with Gasteiger partial charge in [-0.2, -0.15) is 4.94 Å². The molecule has 0 amide bonds. The Hall–Kier alpha value is -2.44. The average molecular weight is 417 g/mol. The molecule has 0 spiro atoms. The summed E-state index contributed by atoms with van der Waals surface area (Å²) in [6.07, 6.45) is 10.3. The predicted molar refractivity (Wildman–Crippen MR) is 111 cm³/mol. The maximum Gasteiger partial charge on any atom is 0.310 e. The monoisotopic (exact) mass is 416 g/mol. The predicted octanol–water partition coefficient (Wildman–Crippen LogP) is 4.85. The fourth-order valence-corrected chi connectivity index (χ4v) is 3.86. The van der Waals surface area contributed by atoms with Crippen LogP contribution in [0.2, 0.25) is 5.02 Å². The van der Waals surface area contributed by atoms with Crippen LogP contribution >= 0.6 is 11.6 Å². The first kappa shape index (κ1) is 19.9. The van der Waals surface area contributed by atoms with Crippen LogP contribution in [0.25, 0.3) is 5.57 Å². The first-order valence-electron chi connectivity index (χ1n) is 9.93. The summed E-state index contributed by atoms with van der Waals surface area (Å²) in [5, 5.41) is 11.9. The number of ether oxygens (including phenoxy) is 1. The highest BCUT2D eigenvalue weighted by Gasteiger charge is 2.28. The topological polar surface area (TPSA) is 71.0 Å². The van der Waals surface area contributed by atoms with Gasteiger partial charge in [0.15, 0.2) is 0 Å². The van der Waals surface area contributed by atoms with Gasteiger partial charge in [0.1, 0.15) is 5.75 Å². The Labute approximate surface area is 175 Å². The zero-order valence-electron chi connectivity index (χ0n) is 16.5. The van der Waals surface area contributed by atoms with Gasteiger partial charge < -0.3 is 9.84 Å². The molecule has 1 unspecified atom stereocenters. The summed E-state index contributed by atoms with van der Waals surface area (Å²) in [6, 6.07) is 3.62. The van der Waals surface area contributed by atoms with Gasteiger partial charge in [0.05, 0.1) is 29.4 Å². The molecular weight excluding hydrogens is 392 g/mol. The van der Waals surface area contributed by atoms with E-state index in [0.717, 1.165) is 16.8 Å². The molecule has 0 aromatic heterocycles. The molecule has 2 heterocycles. The van der Waals surface area contributed by atoms with Gasteiger partial charge in [-0.1, -0.05) is 25.4 Å². The summed E-state index contributed by atoms with van der Waals surface area (Å²) in [4.78, 5) is 17.1. The standard InChI is InChI=1S/C22H25ClN2O4/c1-13(2)7-18(22(26)27)16-9-19(23)21(20(10-16)28-12-14-3-4-14)15-5-6-25-17(8-15)11-24-29-25/h5-6,8-11,13-14,18,24H,3-4,7,12H2,1-2H3,(H,26,27). The third-order valence-electron chi connectivity index (χ3n) is 5.25. The zero-order valence-corrected chi connectivity index (χ0v) is 17.3. The number of hydroxylamine groups is 3. The van der Waals surface area contributed by atoms with Crippen molar-refractivity contribution in [1.29, 1.82) is 0 Å². The van der Waals surface area contributed by atoms with Crippen molar-refractivity contribution in [1.82, 2.24) is 10.5 Å². The molecule has 0 saturated heterocycles. The molecule has 1 fully saturated rings. The molecule has 3 aliphatic rings. The second kappa shape index (κ2) is 8.13. The van der Waals surface area contributed by atoms with Crippen LogP contribution in [0.3, 0.4) is 0 Å². The van der Waals surface area contributed by atoms with Gasteiger partial charge in [-0.3, -0.25) is 4.79 Å². The number of carboxylic acid groups (broad SMARTS) is 1. The van der Waals surface area contributed by atoms with Gasteiger partial charge in [-0.05, 0) is 66.5 Å². The van der Waals surface area contributed by atoms with Crippen LogP contribution in [0.5, 0.6) is 5.75 Å². The van der Waals surface area contributed by atoms with E-state index in [2.05, 4.69) is 5.48 Å². The summed E-state index contributed by atoms with van der Waals surface area (Å²) in [5.41, 5.74) is 5.89. The Kier molecular flexibility index (Phi) is 5.56. The number of carboxylic acids is 1. The summed E-state index contributed by atoms with van der Waals surface area (Å²) in [5.74, 6) is -0.0140. The normalized spacial score (nSPS) is 18.8. The molecule has 6 nitrogen and oxygen atoms in total. The maximum atomic E-state index is 11.9. The van der Waals surface area contributed by atoms with Gasteiger partial charge in [0.25, 0.3) is 0 Å². The number of aliphatic carboxylic acids is 1. The smallest absolute Gasteiger partial charge is 0.310 e. The quantitative estimate of drug-likeness (QED) is 0.631. The van der Waals surface area contributed by atoms with Gasteiger partial charge in [-0.15, -0.1) is 0 Å². The molecule has 4 rings (SSSR count). The number of hydrogen-bond acceptors (Lipinski definition) is 5. The van der Waals surface area contributed by atoms with Crippen LogP contribution in [-0.2, 0) is 9.73 Å². The van der Waals surface area contributed by atoms with E-state index in [1.165, 1.54) is 12.8 Å². The highest BCUT2D eigenvalue weighted by molar-refractivity contribution is 6.33. The van der Waals surface area contributed by atoms with Gasteiger partial charge >= 0.3 is 5.97 Å². The molecule has 29 heavy (non-hydrogen) atoms. The van der Waals surface area contributed by atoms with E-state index < -0.39 is 11.9 Å². The third-order valence-corrected chi connectivity index (χ3v) is 5.55. The largest absolute Gasteiger partial charge is 0.493 e. The number of hydrogen-bond donors (Lipinski definition) is 2. The SMILES string of the molecule is CC(C)CC(C(=O)O)c1cc(Cl)c(C2=CC3=CNON3C=C2)c(OCC2CC2)c1. The number of nitrogens with zero attached hydrogens (tertiary/aromatic N) is 1. The number of carbonyl (C=O) groups is 1. The number of benzene rings is 1.